The van der Waals surface area contributed by atoms with Crippen molar-refractivity contribution in [2.45, 2.75) is 6.54 Å². The number of aromatic nitrogens is 2. The van der Waals surface area contributed by atoms with Crippen molar-refractivity contribution >= 4 is 23.2 Å². The smallest absolute Gasteiger partial charge is 0.152 e. The Morgan fingerprint density at radius 2 is 2.29 bits per heavy atom. The van der Waals surface area contributed by atoms with Crippen LogP contribution in [0.2, 0.25) is 0 Å². The first-order chi connectivity index (χ1) is 10.3. The summed E-state index contributed by atoms with van der Waals surface area (Å²) in [6.07, 6.45) is 4.20. The second kappa shape index (κ2) is 8.26. The number of hydrogen-bond donors (Lipinski definition) is 1. The Morgan fingerprint density at radius 1 is 1.43 bits per heavy atom. The number of rotatable bonds is 9. The predicted molar refractivity (Wildman–Crippen MR) is 90.4 cm³/mol. The van der Waals surface area contributed by atoms with E-state index in [2.05, 4.69) is 34.1 Å². The third-order valence-corrected chi connectivity index (χ3v) is 3.97. The van der Waals surface area contributed by atoms with Crippen molar-refractivity contribution in [3.8, 4) is 0 Å². The molecule has 2 rings (SSSR count). The van der Waals surface area contributed by atoms with Crippen LogP contribution in [0.5, 0.6) is 0 Å². The molecule has 0 atom stereocenters. The highest BCUT2D eigenvalue weighted by Crippen LogP contribution is 2.21. The molecule has 1 N–H and O–H groups in total. The zero-order chi connectivity index (χ0) is 15.1. The van der Waals surface area contributed by atoms with Gasteiger partial charge in [-0.25, -0.2) is 4.98 Å². The molecule has 0 radical (unpaired) electrons. The van der Waals surface area contributed by atoms with E-state index in [4.69, 9.17) is 9.72 Å². The molecule has 0 aromatic carbocycles. The first kappa shape index (κ1) is 16.1. The van der Waals surface area contributed by atoms with Gasteiger partial charge in [-0.1, -0.05) is 6.07 Å². The third-order valence-electron chi connectivity index (χ3n) is 3.38. The first-order valence-electron chi connectivity index (χ1n) is 7.13. The number of fused-ring (bicyclic) bond motifs is 1. The Labute approximate surface area is 130 Å². The van der Waals surface area contributed by atoms with Crippen molar-refractivity contribution in [3.05, 3.63) is 30.1 Å². The lowest BCUT2D eigenvalue weighted by Crippen LogP contribution is -2.25. The van der Waals surface area contributed by atoms with E-state index < -0.39 is 0 Å². The molecule has 5 nitrogen and oxygen atoms in total. The summed E-state index contributed by atoms with van der Waals surface area (Å²) in [6, 6.07) is 6.11. The lowest BCUT2D eigenvalue weighted by Gasteiger charge is -2.18. The number of ether oxygens (including phenoxy) is 1. The molecule has 116 valence electrons. The molecule has 0 saturated heterocycles. The molecule has 0 bridgehead atoms. The summed E-state index contributed by atoms with van der Waals surface area (Å²) in [5.41, 5.74) is 2.19. The zero-order valence-electron chi connectivity index (χ0n) is 13.0. The van der Waals surface area contributed by atoms with Crippen molar-refractivity contribution in [3.63, 3.8) is 0 Å². The Bertz CT molecular complexity index is 558. The van der Waals surface area contributed by atoms with E-state index in [1.165, 1.54) is 5.69 Å². The van der Waals surface area contributed by atoms with Gasteiger partial charge in [0.1, 0.15) is 5.65 Å². The standard InChI is InChI=1S/C15H24N4OS/c1-18(9-11-21-3)15-13(12-16-7-10-20-2)19-8-5-4-6-14(19)17-15/h4-6,8,16H,7,9-12H2,1-3H3. The fraction of sp³-hybridized carbons (Fsp3) is 0.533. The van der Waals surface area contributed by atoms with Gasteiger partial charge < -0.3 is 19.4 Å². The van der Waals surface area contributed by atoms with E-state index in [1.54, 1.807) is 7.11 Å². The van der Waals surface area contributed by atoms with Gasteiger partial charge in [-0.3, -0.25) is 0 Å². The molecule has 0 amide bonds. The number of nitrogens with one attached hydrogen (secondary N) is 1. The highest BCUT2D eigenvalue weighted by atomic mass is 32.2. The second-order valence-corrected chi connectivity index (χ2v) is 5.88. The van der Waals surface area contributed by atoms with Crippen molar-refractivity contribution in [1.82, 2.24) is 14.7 Å². The normalized spacial score (nSPS) is 11.2. The van der Waals surface area contributed by atoms with Crippen LogP contribution in [-0.4, -0.2) is 55.2 Å². The Hall–Kier alpha value is -1.24. The largest absolute Gasteiger partial charge is 0.383 e. The molecule has 0 aliphatic rings. The molecule has 0 spiro atoms. The monoisotopic (exact) mass is 308 g/mol. The lowest BCUT2D eigenvalue weighted by molar-refractivity contribution is 0.199. The molecule has 2 heterocycles. The number of thioether (sulfide) groups is 1. The highest BCUT2D eigenvalue weighted by Gasteiger charge is 2.14. The molecule has 0 fully saturated rings. The summed E-state index contributed by atoms with van der Waals surface area (Å²) < 4.78 is 7.24. The molecule has 2 aromatic rings. The zero-order valence-corrected chi connectivity index (χ0v) is 13.8. The van der Waals surface area contributed by atoms with Gasteiger partial charge in [0.15, 0.2) is 5.82 Å². The van der Waals surface area contributed by atoms with Crippen molar-refractivity contribution < 1.29 is 4.74 Å². The fourth-order valence-electron chi connectivity index (χ4n) is 2.22. The maximum absolute atomic E-state index is 5.08. The Balaban J connectivity index is 2.21. The van der Waals surface area contributed by atoms with Crippen molar-refractivity contribution in [2.75, 3.05) is 50.8 Å². The van der Waals surface area contributed by atoms with E-state index in [1.807, 2.05) is 30.0 Å². The van der Waals surface area contributed by atoms with Crippen molar-refractivity contribution in [2.24, 2.45) is 0 Å². The van der Waals surface area contributed by atoms with Gasteiger partial charge in [0.25, 0.3) is 0 Å². The topological polar surface area (TPSA) is 41.8 Å². The van der Waals surface area contributed by atoms with E-state index in [9.17, 15) is 0 Å². The number of anilines is 1. The summed E-state index contributed by atoms with van der Waals surface area (Å²) in [4.78, 5) is 7.01. The Morgan fingerprint density at radius 3 is 3.05 bits per heavy atom. The summed E-state index contributed by atoms with van der Waals surface area (Å²) >= 11 is 1.85. The molecular formula is C15H24N4OS. The van der Waals surface area contributed by atoms with E-state index in [0.717, 1.165) is 36.9 Å². The number of methoxy groups -OCH3 is 1. The van der Waals surface area contributed by atoms with Gasteiger partial charge in [-0.05, 0) is 18.4 Å². The van der Waals surface area contributed by atoms with Crippen LogP contribution < -0.4 is 10.2 Å². The molecule has 0 aliphatic heterocycles. The van der Waals surface area contributed by atoms with E-state index in [-0.39, 0.29) is 0 Å². The van der Waals surface area contributed by atoms with E-state index in [0.29, 0.717) is 6.61 Å². The van der Waals surface area contributed by atoms with Crippen LogP contribution in [0, 0.1) is 0 Å². The van der Waals surface area contributed by atoms with Crippen LogP contribution >= 0.6 is 11.8 Å². The third kappa shape index (κ3) is 4.12. The average Bonchev–Trinajstić information content (AvgIpc) is 2.88. The summed E-state index contributed by atoms with van der Waals surface area (Å²) in [5, 5.41) is 3.41. The van der Waals surface area contributed by atoms with Crippen LogP contribution in [0.25, 0.3) is 5.65 Å². The molecule has 2 aromatic heterocycles. The molecule has 6 heteroatoms. The minimum Gasteiger partial charge on any atom is -0.383 e. The van der Waals surface area contributed by atoms with Gasteiger partial charge in [-0.15, -0.1) is 0 Å². The number of hydrogen-bond acceptors (Lipinski definition) is 5. The second-order valence-electron chi connectivity index (χ2n) is 4.89. The number of nitrogens with zero attached hydrogens (tertiary/aromatic N) is 3. The highest BCUT2D eigenvalue weighted by molar-refractivity contribution is 7.98. The molecule has 0 aliphatic carbocycles. The van der Waals surface area contributed by atoms with Gasteiger partial charge in [0, 0.05) is 45.7 Å². The van der Waals surface area contributed by atoms with Gasteiger partial charge in [0.05, 0.1) is 12.3 Å². The molecular weight excluding hydrogens is 284 g/mol. The minimum absolute atomic E-state index is 0.717. The maximum Gasteiger partial charge on any atom is 0.152 e. The summed E-state index contributed by atoms with van der Waals surface area (Å²) in [6.45, 7) is 3.34. The number of imidazole rings is 1. The van der Waals surface area contributed by atoms with Gasteiger partial charge in [-0.2, -0.15) is 11.8 Å². The minimum atomic E-state index is 0.717. The summed E-state index contributed by atoms with van der Waals surface area (Å²) in [7, 11) is 3.83. The SMILES string of the molecule is COCCNCc1c(N(C)CCSC)nc2ccccn12. The van der Waals surface area contributed by atoms with Gasteiger partial charge in [0.2, 0.25) is 0 Å². The molecule has 0 saturated carbocycles. The molecule has 21 heavy (non-hydrogen) atoms. The fourth-order valence-corrected chi connectivity index (χ4v) is 2.68. The average molecular weight is 308 g/mol. The first-order valence-corrected chi connectivity index (χ1v) is 8.53. The maximum atomic E-state index is 5.08. The van der Waals surface area contributed by atoms with Crippen LogP contribution in [0.15, 0.2) is 24.4 Å². The quantitative estimate of drug-likeness (QED) is 0.716. The lowest BCUT2D eigenvalue weighted by atomic mass is 10.3. The van der Waals surface area contributed by atoms with Crippen LogP contribution in [0.1, 0.15) is 5.69 Å². The van der Waals surface area contributed by atoms with E-state index >= 15 is 0 Å². The van der Waals surface area contributed by atoms with Gasteiger partial charge >= 0.3 is 0 Å². The van der Waals surface area contributed by atoms with Crippen LogP contribution in [-0.2, 0) is 11.3 Å². The Kier molecular flexibility index (Phi) is 6.35. The van der Waals surface area contributed by atoms with Crippen LogP contribution in [0.4, 0.5) is 5.82 Å². The number of pyridine rings is 1. The van der Waals surface area contributed by atoms with Crippen molar-refractivity contribution in [1.29, 1.82) is 0 Å². The predicted octanol–water partition coefficient (Wildman–Crippen LogP) is 1.87. The summed E-state index contributed by atoms with van der Waals surface area (Å²) in [5.74, 6) is 2.15. The molecule has 0 unspecified atom stereocenters. The van der Waals surface area contributed by atoms with Crippen LogP contribution in [0.3, 0.4) is 0 Å².